The third kappa shape index (κ3) is 3.15. The smallest absolute Gasteiger partial charge is 0.327 e. The average Bonchev–Trinajstić information content (AvgIpc) is 3.02. The second-order valence-corrected chi connectivity index (χ2v) is 9.04. The normalized spacial score (nSPS) is 30.9. The number of rotatable bonds is 3. The van der Waals surface area contributed by atoms with Crippen LogP contribution in [0.25, 0.3) is 0 Å². The lowest BCUT2D eigenvalue weighted by atomic mass is 10.0. The van der Waals surface area contributed by atoms with Crippen molar-refractivity contribution in [3.05, 3.63) is 29.3 Å². The predicted molar refractivity (Wildman–Crippen MR) is 109 cm³/mol. The van der Waals surface area contributed by atoms with Crippen LogP contribution in [0.5, 0.6) is 0 Å². The molecule has 3 saturated heterocycles. The summed E-state index contributed by atoms with van der Waals surface area (Å²) in [6, 6.07) is 7.17. The van der Waals surface area contributed by atoms with Gasteiger partial charge in [-0.25, -0.2) is 4.79 Å². The Morgan fingerprint density at radius 1 is 1.25 bits per heavy atom. The molecule has 4 unspecified atom stereocenters. The van der Waals surface area contributed by atoms with Crippen molar-refractivity contribution in [2.24, 2.45) is 11.8 Å². The Balaban J connectivity index is 1.68. The highest BCUT2D eigenvalue weighted by atomic mass is 35.5. The number of hydrogen-bond donors (Lipinski definition) is 1. The van der Waals surface area contributed by atoms with Crippen LogP contribution in [0.15, 0.2) is 24.3 Å². The number of carbonyl (C=O) groups excluding carboxylic acids is 2. The molecule has 0 radical (unpaired) electrons. The molecule has 0 bridgehead atoms. The third-order valence-corrected chi connectivity index (χ3v) is 6.01. The number of imide groups is 1. The molecule has 0 saturated carbocycles. The first-order valence-corrected chi connectivity index (χ1v) is 10.3. The van der Waals surface area contributed by atoms with Gasteiger partial charge in [-0.2, -0.15) is 0 Å². The van der Waals surface area contributed by atoms with Gasteiger partial charge in [-0.15, -0.1) is 0 Å². The molecule has 4 rings (SSSR count). The van der Waals surface area contributed by atoms with Crippen molar-refractivity contribution < 1.29 is 9.59 Å². The molecule has 1 aromatic carbocycles. The van der Waals surface area contributed by atoms with Crippen molar-refractivity contribution in [2.45, 2.75) is 39.3 Å². The van der Waals surface area contributed by atoms with Gasteiger partial charge in [0.25, 0.3) is 5.91 Å². The summed E-state index contributed by atoms with van der Waals surface area (Å²) in [6.07, 6.45) is -0.483. The Morgan fingerprint density at radius 3 is 2.68 bits per heavy atom. The highest BCUT2D eigenvalue weighted by Crippen LogP contribution is 2.35. The van der Waals surface area contributed by atoms with Gasteiger partial charge in [0.05, 0.1) is 0 Å². The fraction of sp³-hybridized carbons (Fsp3) is 0.600. The Kier molecular flexibility index (Phi) is 5.02. The number of carbonyl (C=O) groups is 2. The summed E-state index contributed by atoms with van der Waals surface area (Å²) >= 11 is 6.22. The van der Waals surface area contributed by atoms with E-state index in [1.54, 1.807) is 11.9 Å². The van der Waals surface area contributed by atoms with E-state index in [2.05, 4.69) is 22.0 Å². The largest absolute Gasteiger partial charge is 0.343 e. The van der Waals surface area contributed by atoms with Crippen LogP contribution in [-0.4, -0.2) is 71.8 Å². The molecule has 3 fully saturated rings. The van der Waals surface area contributed by atoms with Gasteiger partial charge in [-0.1, -0.05) is 38.4 Å². The summed E-state index contributed by atoms with van der Waals surface area (Å²) in [4.78, 5) is 33.7. The molecule has 3 amide bonds. The van der Waals surface area contributed by atoms with Gasteiger partial charge in [0.1, 0.15) is 18.5 Å². The number of likely N-dealkylation sites (N-methyl/N-ethyl adjacent to an activating group) is 1. The summed E-state index contributed by atoms with van der Waals surface area (Å²) < 4.78 is 0. The van der Waals surface area contributed by atoms with Crippen LogP contribution in [0, 0.1) is 11.8 Å². The summed E-state index contributed by atoms with van der Waals surface area (Å²) in [5, 5.41) is 4.22. The molecule has 8 heteroatoms. The maximum Gasteiger partial charge on any atom is 0.327 e. The highest BCUT2D eigenvalue weighted by molar-refractivity contribution is 6.30. The van der Waals surface area contributed by atoms with Gasteiger partial charge >= 0.3 is 6.03 Å². The Labute approximate surface area is 171 Å². The van der Waals surface area contributed by atoms with Gasteiger partial charge in [0.2, 0.25) is 0 Å². The van der Waals surface area contributed by atoms with Crippen molar-refractivity contribution >= 4 is 29.2 Å². The monoisotopic (exact) mass is 405 g/mol. The highest BCUT2D eigenvalue weighted by Gasteiger charge is 2.56. The summed E-state index contributed by atoms with van der Waals surface area (Å²) in [7, 11) is 1.78. The number of nitrogens with zero attached hydrogens (tertiary/aromatic N) is 4. The van der Waals surface area contributed by atoms with Crippen LogP contribution >= 0.6 is 11.6 Å². The van der Waals surface area contributed by atoms with Gasteiger partial charge in [-0.05, 0) is 30.0 Å². The zero-order valence-electron chi connectivity index (χ0n) is 16.8. The van der Waals surface area contributed by atoms with Crippen LogP contribution in [0.3, 0.4) is 0 Å². The summed E-state index contributed by atoms with van der Waals surface area (Å²) in [5.41, 5.74) is 1.01. The first-order chi connectivity index (χ1) is 13.3. The molecule has 152 valence electrons. The molecule has 1 N–H and O–H groups in total. The molecular weight excluding hydrogens is 378 g/mol. The zero-order valence-corrected chi connectivity index (χ0v) is 17.6. The third-order valence-electron chi connectivity index (χ3n) is 5.77. The van der Waals surface area contributed by atoms with Gasteiger partial charge in [0.15, 0.2) is 0 Å². The van der Waals surface area contributed by atoms with Crippen LogP contribution in [0.1, 0.15) is 20.8 Å². The minimum absolute atomic E-state index is 0.100. The maximum atomic E-state index is 13.3. The fourth-order valence-corrected chi connectivity index (χ4v) is 4.79. The second kappa shape index (κ2) is 7.21. The number of nitrogens with one attached hydrogen (secondary N) is 1. The molecule has 3 heterocycles. The topological polar surface area (TPSA) is 59.1 Å². The standard InChI is InChI=1S/C20H28ClN5O2/c1-12(2)9-26-18(27)16-17(23(4)20(26)28)22-19-24(10-13(3)11-25(16)19)15-7-5-6-14(21)8-15/h5-8,12-13,16-17,19,22H,9-11H2,1-4H3. The van der Waals surface area contributed by atoms with Gasteiger partial charge in [-0.3, -0.25) is 19.9 Å². The van der Waals surface area contributed by atoms with Crippen molar-refractivity contribution in [3.8, 4) is 0 Å². The van der Waals surface area contributed by atoms with E-state index in [1.165, 1.54) is 4.90 Å². The number of urea groups is 1. The van der Waals surface area contributed by atoms with E-state index in [9.17, 15) is 9.59 Å². The van der Waals surface area contributed by atoms with E-state index >= 15 is 0 Å². The van der Waals surface area contributed by atoms with E-state index in [1.807, 2.05) is 38.1 Å². The number of anilines is 1. The van der Waals surface area contributed by atoms with Gasteiger partial charge in [0, 0.05) is 37.4 Å². The van der Waals surface area contributed by atoms with Crippen LogP contribution in [0.4, 0.5) is 10.5 Å². The first-order valence-electron chi connectivity index (χ1n) is 9.90. The molecule has 0 aromatic heterocycles. The maximum absolute atomic E-state index is 13.3. The van der Waals surface area contributed by atoms with Crippen LogP contribution in [0.2, 0.25) is 5.02 Å². The molecule has 4 atom stereocenters. The van der Waals surface area contributed by atoms with E-state index in [-0.39, 0.29) is 36.4 Å². The molecule has 7 nitrogen and oxygen atoms in total. The van der Waals surface area contributed by atoms with E-state index in [0.29, 0.717) is 17.5 Å². The molecule has 1 aromatic rings. The van der Waals surface area contributed by atoms with E-state index < -0.39 is 0 Å². The predicted octanol–water partition coefficient (Wildman–Crippen LogP) is 2.23. The number of hydrogen-bond acceptors (Lipinski definition) is 5. The first kappa shape index (κ1) is 19.5. The minimum atomic E-state index is -0.379. The summed E-state index contributed by atoms with van der Waals surface area (Å²) in [5.74, 6) is 0.508. The molecule has 0 aliphatic carbocycles. The lowest BCUT2D eigenvalue weighted by molar-refractivity contribution is -0.139. The number of halogens is 1. The zero-order chi connectivity index (χ0) is 20.2. The lowest BCUT2D eigenvalue weighted by Crippen LogP contribution is -2.67. The lowest BCUT2D eigenvalue weighted by Gasteiger charge is -2.46. The fourth-order valence-electron chi connectivity index (χ4n) is 4.61. The van der Waals surface area contributed by atoms with Crippen molar-refractivity contribution in [1.82, 2.24) is 20.0 Å². The minimum Gasteiger partial charge on any atom is -0.343 e. The number of amides is 3. The Morgan fingerprint density at radius 2 is 2.00 bits per heavy atom. The van der Waals surface area contributed by atoms with Crippen LogP contribution < -0.4 is 10.2 Å². The Bertz CT molecular complexity index is 788. The van der Waals surface area contributed by atoms with Crippen molar-refractivity contribution in [1.29, 1.82) is 0 Å². The van der Waals surface area contributed by atoms with E-state index in [4.69, 9.17) is 11.6 Å². The number of fused-ring (bicyclic) bond motifs is 3. The molecular formula is C20H28ClN5O2. The molecule has 28 heavy (non-hydrogen) atoms. The van der Waals surface area contributed by atoms with Crippen molar-refractivity contribution in [3.63, 3.8) is 0 Å². The van der Waals surface area contributed by atoms with E-state index in [0.717, 1.165) is 18.8 Å². The average molecular weight is 406 g/mol. The second-order valence-electron chi connectivity index (χ2n) is 8.60. The quantitative estimate of drug-likeness (QED) is 0.835. The SMILES string of the molecule is CC(C)CN1C(=O)C2C(NC3N(c4cccc(Cl)c4)CC(C)CN23)N(C)C1=O. The molecule has 3 aliphatic heterocycles. The van der Waals surface area contributed by atoms with Crippen molar-refractivity contribution in [2.75, 3.05) is 31.6 Å². The molecule has 0 spiro atoms. The van der Waals surface area contributed by atoms with Gasteiger partial charge < -0.3 is 9.80 Å². The number of benzene rings is 1. The van der Waals surface area contributed by atoms with Crippen LogP contribution in [-0.2, 0) is 4.79 Å². The Hall–Kier alpha value is -1.83. The summed E-state index contributed by atoms with van der Waals surface area (Å²) in [6.45, 7) is 8.33. The molecule has 3 aliphatic rings.